The fourth-order valence-corrected chi connectivity index (χ4v) is 2.95. The van der Waals surface area contributed by atoms with Crippen LogP contribution in [-0.2, 0) is 9.59 Å². The summed E-state index contributed by atoms with van der Waals surface area (Å²) in [7, 11) is 0. The van der Waals surface area contributed by atoms with Gasteiger partial charge in [0.2, 0.25) is 11.8 Å². The molecule has 1 heterocycles. The SMILES string of the molecule is Cc1cc(NC(=O)CNC(=O)CCC2CCNCC2)ccc1Br. The zero-order valence-electron chi connectivity index (χ0n) is 13.5. The third kappa shape index (κ3) is 6.31. The van der Waals surface area contributed by atoms with E-state index in [4.69, 9.17) is 0 Å². The van der Waals surface area contributed by atoms with Gasteiger partial charge in [-0.25, -0.2) is 0 Å². The zero-order chi connectivity index (χ0) is 16.7. The molecule has 1 fully saturated rings. The number of rotatable bonds is 6. The summed E-state index contributed by atoms with van der Waals surface area (Å²) in [6.45, 7) is 4.06. The van der Waals surface area contributed by atoms with Crippen molar-refractivity contribution in [3.8, 4) is 0 Å². The summed E-state index contributed by atoms with van der Waals surface area (Å²) in [5, 5.41) is 8.80. The van der Waals surface area contributed by atoms with Crippen LogP contribution in [0.2, 0.25) is 0 Å². The highest BCUT2D eigenvalue weighted by Gasteiger charge is 2.14. The van der Waals surface area contributed by atoms with E-state index in [2.05, 4.69) is 31.9 Å². The fourth-order valence-electron chi connectivity index (χ4n) is 2.70. The molecule has 0 atom stereocenters. The number of hydrogen-bond donors (Lipinski definition) is 3. The molecule has 0 radical (unpaired) electrons. The van der Waals surface area contributed by atoms with Gasteiger partial charge in [-0.3, -0.25) is 9.59 Å². The van der Waals surface area contributed by atoms with Crippen molar-refractivity contribution in [1.82, 2.24) is 10.6 Å². The molecule has 5 nitrogen and oxygen atoms in total. The van der Waals surface area contributed by atoms with Crippen molar-refractivity contribution in [2.45, 2.75) is 32.6 Å². The van der Waals surface area contributed by atoms with Gasteiger partial charge in [-0.05, 0) is 69.0 Å². The van der Waals surface area contributed by atoms with Crippen LogP contribution in [0.3, 0.4) is 0 Å². The van der Waals surface area contributed by atoms with Crippen molar-refractivity contribution in [2.75, 3.05) is 25.0 Å². The number of anilines is 1. The molecular weight excluding hydrogens is 358 g/mol. The topological polar surface area (TPSA) is 70.2 Å². The molecule has 1 aliphatic rings. The minimum absolute atomic E-state index is 0.0141. The minimum Gasteiger partial charge on any atom is -0.347 e. The van der Waals surface area contributed by atoms with E-state index in [-0.39, 0.29) is 18.4 Å². The van der Waals surface area contributed by atoms with Crippen LogP contribution in [0.25, 0.3) is 0 Å². The van der Waals surface area contributed by atoms with Gasteiger partial charge < -0.3 is 16.0 Å². The molecule has 1 aromatic rings. The van der Waals surface area contributed by atoms with Gasteiger partial charge in [0, 0.05) is 16.6 Å². The van der Waals surface area contributed by atoms with Crippen LogP contribution in [0.1, 0.15) is 31.2 Å². The first kappa shape index (κ1) is 17.9. The lowest BCUT2D eigenvalue weighted by Gasteiger charge is -2.22. The molecule has 0 spiro atoms. The maximum Gasteiger partial charge on any atom is 0.243 e. The quantitative estimate of drug-likeness (QED) is 0.709. The molecule has 23 heavy (non-hydrogen) atoms. The van der Waals surface area contributed by atoms with E-state index in [0.29, 0.717) is 12.3 Å². The Bertz CT molecular complexity index is 557. The summed E-state index contributed by atoms with van der Waals surface area (Å²) in [4.78, 5) is 23.7. The molecule has 3 N–H and O–H groups in total. The third-order valence-electron chi connectivity index (χ3n) is 4.13. The highest BCUT2D eigenvalue weighted by atomic mass is 79.9. The maximum atomic E-state index is 11.9. The van der Waals surface area contributed by atoms with Crippen LogP contribution in [0.4, 0.5) is 5.69 Å². The van der Waals surface area contributed by atoms with E-state index in [0.717, 1.165) is 48.1 Å². The summed E-state index contributed by atoms with van der Waals surface area (Å²) < 4.78 is 1.00. The van der Waals surface area contributed by atoms with Gasteiger partial charge >= 0.3 is 0 Å². The lowest BCUT2D eigenvalue weighted by molar-refractivity contribution is -0.124. The van der Waals surface area contributed by atoms with Crippen molar-refractivity contribution in [3.05, 3.63) is 28.2 Å². The average molecular weight is 382 g/mol. The molecule has 0 aromatic heterocycles. The van der Waals surface area contributed by atoms with Crippen LogP contribution < -0.4 is 16.0 Å². The molecule has 1 aliphatic heterocycles. The molecule has 6 heteroatoms. The molecular formula is C17H24BrN3O2. The van der Waals surface area contributed by atoms with Gasteiger partial charge in [-0.15, -0.1) is 0 Å². The first-order chi connectivity index (χ1) is 11.0. The van der Waals surface area contributed by atoms with Crippen molar-refractivity contribution < 1.29 is 9.59 Å². The van der Waals surface area contributed by atoms with E-state index in [1.54, 1.807) is 0 Å². The molecule has 0 unspecified atom stereocenters. The number of carbonyl (C=O) groups is 2. The number of piperidine rings is 1. The predicted molar refractivity (Wildman–Crippen MR) is 95.3 cm³/mol. The Morgan fingerprint density at radius 3 is 2.70 bits per heavy atom. The molecule has 1 saturated heterocycles. The molecule has 0 saturated carbocycles. The van der Waals surface area contributed by atoms with Gasteiger partial charge in [0.1, 0.15) is 0 Å². The fraction of sp³-hybridized carbons (Fsp3) is 0.529. The Morgan fingerprint density at radius 2 is 2.00 bits per heavy atom. The van der Waals surface area contributed by atoms with Crippen molar-refractivity contribution >= 4 is 33.4 Å². The summed E-state index contributed by atoms with van der Waals surface area (Å²) in [6, 6.07) is 5.61. The number of benzene rings is 1. The van der Waals surface area contributed by atoms with Gasteiger partial charge in [-0.2, -0.15) is 0 Å². The number of carbonyl (C=O) groups excluding carboxylic acids is 2. The van der Waals surface area contributed by atoms with Gasteiger partial charge in [-0.1, -0.05) is 15.9 Å². The molecule has 1 aromatic carbocycles. The zero-order valence-corrected chi connectivity index (χ0v) is 15.0. The van der Waals surface area contributed by atoms with Crippen LogP contribution in [0, 0.1) is 12.8 Å². The van der Waals surface area contributed by atoms with Gasteiger partial charge in [0.15, 0.2) is 0 Å². The standard InChI is InChI=1S/C17H24BrN3O2/c1-12-10-14(3-4-15(12)18)21-17(23)11-20-16(22)5-2-13-6-8-19-9-7-13/h3-4,10,13,19H,2,5-9,11H2,1H3,(H,20,22)(H,21,23). The first-order valence-electron chi connectivity index (χ1n) is 8.08. The summed E-state index contributed by atoms with van der Waals surface area (Å²) in [6.07, 6.45) is 3.67. The highest BCUT2D eigenvalue weighted by molar-refractivity contribution is 9.10. The molecule has 2 amide bonds. The monoisotopic (exact) mass is 381 g/mol. The lowest BCUT2D eigenvalue weighted by Crippen LogP contribution is -2.33. The van der Waals surface area contributed by atoms with Crippen molar-refractivity contribution in [2.24, 2.45) is 5.92 Å². The average Bonchev–Trinajstić information content (AvgIpc) is 2.55. The van der Waals surface area contributed by atoms with Gasteiger partial charge in [0.25, 0.3) is 0 Å². The Kier molecular flexibility index (Phi) is 7.05. The lowest BCUT2D eigenvalue weighted by atomic mass is 9.93. The second-order valence-corrected chi connectivity index (χ2v) is 6.88. The number of amides is 2. The van der Waals surface area contributed by atoms with E-state index in [9.17, 15) is 9.59 Å². The van der Waals surface area contributed by atoms with E-state index in [1.807, 2.05) is 25.1 Å². The molecule has 126 valence electrons. The summed E-state index contributed by atoms with van der Waals surface area (Å²) in [5.74, 6) is 0.370. The normalized spacial score (nSPS) is 15.2. The number of nitrogens with one attached hydrogen (secondary N) is 3. The maximum absolute atomic E-state index is 11.9. The van der Waals surface area contributed by atoms with Crippen LogP contribution in [-0.4, -0.2) is 31.4 Å². The van der Waals surface area contributed by atoms with Crippen LogP contribution >= 0.6 is 15.9 Å². The van der Waals surface area contributed by atoms with Crippen LogP contribution in [0.5, 0.6) is 0 Å². The van der Waals surface area contributed by atoms with E-state index < -0.39 is 0 Å². The molecule has 2 rings (SSSR count). The second kappa shape index (κ2) is 9.03. The van der Waals surface area contributed by atoms with Crippen molar-refractivity contribution in [1.29, 1.82) is 0 Å². The summed E-state index contributed by atoms with van der Waals surface area (Å²) >= 11 is 3.42. The Balaban J connectivity index is 1.66. The Hall–Kier alpha value is -1.40. The number of halogens is 1. The largest absolute Gasteiger partial charge is 0.347 e. The molecule has 0 bridgehead atoms. The smallest absolute Gasteiger partial charge is 0.243 e. The Morgan fingerprint density at radius 1 is 1.26 bits per heavy atom. The minimum atomic E-state index is -0.207. The highest BCUT2D eigenvalue weighted by Crippen LogP contribution is 2.20. The molecule has 0 aliphatic carbocycles. The first-order valence-corrected chi connectivity index (χ1v) is 8.87. The van der Waals surface area contributed by atoms with Crippen LogP contribution in [0.15, 0.2) is 22.7 Å². The van der Waals surface area contributed by atoms with Gasteiger partial charge in [0.05, 0.1) is 6.54 Å². The van der Waals surface area contributed by atoms with Crippen molar-refractivity contribution in [3.63, 3.8) is 0 Å². The summed E-state index contributed by atoms with van der Waals surface area (Å²) in [5.41, 5.74) is 1.79. The third-order valence-corrected chi connectivity index (χ3v) is 5.02. The second-order valence-electron chi connectivity index (χ2n) is 6.02. The van der Waals surface area contributed by atoms with E-state index >= 15 is 0 Å². The predicted octanol–water partition coefficient (Wildman–Crippen LogP) is 2.59. The number of hydrogen-bond acceptors (Lipinski definition) is 3. The Labute approximate surface area is 145 Å². The number of aryl methyl sites for hydroxylation is 1. The van der Waals surface area contributed by atoms with E-state index in [1.165, 1.54) is 0 Å².